The lowest BCUT2D eigenvalue weighted by Crippen LogP contribution is -2.15. The van der Waals surface area contributed by atoms with Crippen LogP contribution in [0.5, 0.6) is 0 Å². The molecule has 0 N–H and O–H groups in total. The first-order chi connectivity index (χ1) is 6.19. The zero-order valence-corrected chi connectivity index (χ0v) is 8.17. The van der Waals surface area contributed by atoms with Crippen molar-refractivity contribution in [3.8, 4) is 12.1 Å². The van der Waals surface area contributed by atoms with Crippen LogP contribution >= 0.6 is 0 Å². The molecule has 0 aromatic carbocycles. The third-order valence-corrected chi connectivity index (χ3v) is 3.02. The van der Waals surface area contributed by atoms with Gasteiger partial charge in [-0.05, 0) is 36.7 Å². The molecule has 2 unspecified atom stereocenters. The largest absolute Gasteiger partial charge is 0.192 e. The molecule has 0 amide bonds. The van der Waals surface area contributed by atoms with Crippen LogP contribution in [0.3, 0.4) is 0 Å². The summed E-state index contributed by atoms with van der Waals surface area (Å²) in [5.41, 5.74) is 1.41. The number of hydrogen-bond acceptors (Lipinski definition) is 2. The summed E-state index contributed by atoms with van der Waals surface area (Å²) in [5.74, 6) is 1.34. The van der Waals surface area contributed by atoms with Gasteiger partial charge in [-0.2, -0.15) is 10.5 Å². The van der Waals surface area contributed by atoms with Crippen LogP contribution in [0.1, 0.15) is 33.1 Å². The average molecular weight is 174 g/mol. The fraction of sp³-hybridized carbons (Fsp3) is 0.636. The highest BCUT2D eigenvalue weighted by Crippen LogP contribution is 2.34. The molecule has 0 aromatic heterocycles. The number of rotatable bonds is 0. The molecule has 1 fully saturated rings. The first-order valence-corrected chi connectivity index (χ1v) is 4.71. The summed E-state index contributed by atoms with van der Waals surface area (Å²) in [5, 5.41) is 17.4. The molecule has 68 valence electrons. The lowest BCUT2D eigenvalue weighted by atomic mass is 9.78. The summed E-state index contributed by atoms with van der Waals surface area (Å²) in [4.78, 5) is 0. The van der Waals surface area contributed by atoms with Gasteiger partial charge in [0.1, 0.15) is 17.7 Å². The van der Waals surface area contributed by atoms with Gasteiger partial charge in [0.15, 0.2) is 0 Å². The minimum Gasteiger partial charge on any atom is -0.192 e. The van der Waals surface area contributed by atoms with Gasteiger partial charge in [0.25, 0.3) is 0 Å². The molecule has 1 aliphatic carbocycles. The van der Waals surface area contributed by atoms with E-state index >= 15 is 0 Å². The Kier molecular flexibility index (Phi) is 3.09. The molecule has 1 aliphatic rings. The molecule has 0 radical (unpaired) electrons. The average Bonchev–Trinajstić information content (AvgIpc) is 2.13. The second-order valence-corrected chi connectivity index (χ2v) is 3.90. The highest BCUT2D eigenvalue weighted by molar-refractivity contribution is 5.40. The van der Waals surface area contributed by atoms with Crippen molar-refractivity contribution < 1.29 is 0 Å². The Bertz CT molecular complexity index is 285. The molecular weight excluding hydrogens is 160 g/mol. The van der Waals surface area contributed by atoms with Gasteiger partial charge >= 0.3 is 0 Å². The Morgan fingerprint density at radius 1 is 1.23 bits per heavy atom. The first-order valence-electron chi connectivity index (χ1n) is 4.71. The zero-order chi connectivity index (χ0) is 9.84. The van der Waals surface area contributed by atoms with E-state index in [9.17, 15) is 0 Å². The molecule has 13 heavy (non-hydrogen) atoms. The zero-order valence-electron chi connectivity index (χ0n) is 8.17. The summed E-state index contributed by atoms with van der Waals surface area (Å²) in [6.45, 7) is 4.43. The maximum atomic E-state index is 8.70. The lowest BCUT2D eigenvalue weighted by Gasteiger charge is -2.27. The summed E-state index contributed by atoms with van der Waals surface area (Å²) in [7, 11) is 0. The monoisotopic (exact) mass is 174 g/mol. The van der Waals surface area contributed by atoms with Crippen LogP contribution in [-0.2, 0) is 0 Å². The number of nitrogens with zero attached hydrogens (tertiary/aromatic N) is 2. The molecule has 2 atom stereocenters. The number of allylic oxidation sites excluding steroid dienone is 2. The van der Waals surface area contributed by atoms with Crippen LogP contribution in [0.2, 0.25) is 0 Å². The van der Waals surface area contributed by atoms with Gasteiger partial charge in [-0.15, -0.1) is 0 Å². The van der Waals surface area contributed by atoms with Crippen molar-refractivity contribution in [3.05, 3.63) is 11.1 Å². The van der Waals surface area contributed by atoms with Crippen LogP contribution < -0.4 is 0 Å². The van der Waals surface area contributed by atoms with E-state index < -0.39 is 0 Å². The second-order valence-electron chi connectivity index (χ2n) is 3.90. The SMILES string of the molecule is CC1CCC(=C(C#N)C#N)CC1C. The van der Waals surface area contributed by atoms with Gasteiger partial charge in [0, 0.05) is 0 Å². The van der Waals surface area contributed by atoms with Crippen LogP contribution in [-0.4, -0.2) is 0 Å². The Morgan fingerprint density at radius 2 is 1.85 bits per heavy atom. The highest BCUT2D eigenvalue weighted by atomic mass is 14.3. The molecule has 0 heterocycles. The van der Waals surface area contributed by atoms with Crippen LogP contribution in [0.25, 0.3) is 0 Å². The van der Waals surface area contributed by atoms with E-state index in [1.807, 2.05) is 12.1 Å². The Hall–Kier alpha value is -1.28. The van der Waals surface area contributed by atoms with E-state index in [0.29, 0.717) is 11.5 Å². The molecule has 0 aromatic rings. The van der Waals surface area contributed by atoms with E-state index in [1.165, 1.54) is 0 Å². The van der Waals surface area contributed by atoms with Gasteiger partial charge in [0.05, 0.1) is 0 Å². The predicted molar refractivity (Wildman–Crippen MR) is 50.4 cm³/mol. The molecule has 2 nitrogen and oxygen atoms in total. The van der Waals surface area contributed by atoms with Crippen LogP contribution in [0.15, 0.2) is 11.1 Å². The van der Waals surface area contributed by atoms with Crippen LogP contribution in [0.4, 0.5) is 0 Å². The van der Waals surface area contributed by atoms with Gasteiger partial charge in [0.2, 0.25) is 0 Å². The number of hydrogen-bond donors (Lipinski definition) is 0. The summed E-state index contributed by atoms with van der Waals surface area (Å²) in [6.07, 6.45) is 2.98. The van der Waals surface area contributed by atoms with Crippen molar-refractivity contribution in [1.82, 2.24) is 0 Å². The van der Waals surface area contributed by atoms with Gasteiger partial charge in [-0.1, -0.05) is 13.8 Å². The fourth-order valence-electron chi connectivity index (χ4n) is 1.79. The minimum absolute atomic E-state index is 0.346. The number of nitriles is 2. The van der Waals surface area contributed by atoms with E-state index in [4.69, 9.17) is 10.5 Å². The van der Waals surface area contributed by atoms with Gasteiger partial charge in [-0.25, -0.2) is 0 Å². The van der Waals surface area contributed by atoms with Crippen molar-refractivity contribution in [1.29, 1.82) is 10.5 Å². The summed E-state index contributed by atoms with van der Waals surface area (Å²) in [6, 6.07) is 3.95. The van der Waals surface area contributed by atoms with E-state index in [0.717, 1.165) is 30.8 Å². The minimum atomic E-state index is 0.346. The molecule has 1 saturated carbocycles. The first kappa shape index (κ1) is 9.81. The van der Waals surface area contributed by atoms with Crippen molar-refractivity contribution in [3.63, 3.8) is 0 Å². The quantitative estimate of drug-likeness (QED) is 0.530. The third kappa shape index (κ3) is 2.10. The molecule has 0 saturated heterocycles. The van der Waals surface area contributed by atoms with Gasteiger partial charge in [-0.3, -0.25) is 0 Å². The normalized spacial score (nSPS) is 27.5. The maximum absolute atomic E-state index is 8.70. The third-order valence-electron chi connectivity index (χ3n) is 3.02. The lowest BCUT2D eigenvalue weighted by molar-refractivity contribution is 0.322. The summed E-state index contributed by atoms with van der Waals surface area (Å²) >= 11 is 0. The van der Waals surface area contributed by atoms with Gasteiger partial charge < -0.3 is 0 Å². The Labute approximate surface area is 79.5 Å². The standard InChI is InChI=1S/C11H14N2/c1-8-3-4-10(5-9(8)2)11(6-12)7-13/h8-9H,3-5H2,1-2H3. The molecule has 2 heteroatoms. The van der Waals surface area contributed by atoms with Crippen molar-refractivity contribution >= 4 is 0 Å². The fourth-order valence-corrected chi connectivity index (χ4v) is 1.79. The van der Waals surface area contributed by atoms with Crippen molar-refractivity contribution in [2.75, 3.05) is 0 Å². The topological polar surface area (TPSA) is 47.6 Å². The van der Waals surface area contributed by atoms with E-state index in [-0.39, 0.29) is 0 Å². The van der Waals surface area contributed by atoms with Crippen molar-refractivity contribution in [2.24, 2.45) is 11.8 Å². The Balaban J connectivity index is 2.82. The smallest absolute Gasteiger partial charge is 0.128 e. The maximum Gasteiger partial charge on any atom is 0.128 e. The van der Waals surface area contributed by atoms with Crippen LogP contribution in [0, 0.1) is 34.5 Å². The molecule has 0 aliphatic heterocycles. The van der Waals surface area contributed by atoms with E-state index in [1.54, 1.807) is 0 Å². The predicted octanol–water partition coefficient (Wildman–Crippen LogP) is 2.79. The Morgan fingerprint density at radius 3 is 2.31 bits per heavy atom. The molecule has 0 spiro atoms. The van der Waals surface area contributed by atoms with E-state index in [2.05, 4.69) is 13.8 Å². The summed E-state index contributed by atoms with van der Waals surface area (Å²) < 4.78 is 0. The van der Waals surface area contributed by atoms with Crippen molar-refractivity contribution in [2.45, 2.75) is 33.1 Å². The molecule has 1 rings (SSSR count). The highest BCUT2D eigenvalue weighted by Gasteiger charge is 2.22. The molecule has 0 bridgehead atoms. The second kappa shape index (κ2) is 4.10. The molecular formula is C11H14N2.